The fourth-order valence-electron chi connectivity index (χ4n) is 3.00. The van der Waals surface area contributed by atoms with Gasteiger partial charge in [-0.3, -0.25) is 4.79 Å². The van der Waals surface area contributed by atoms with Gasteiger partial charge in [-0.05, 0) is 42.4 Å². The van der Waals surface area contributed by atoms with E-state index in [0.717, 1.165) is 43.4 Å². The summed E-state index contributed by atoms with van der Waals surface area (Å²) in [6, 6.07) is 12.2. The van der Waals surface area contributed by atoms with Crippen molar-refractivity contribution in [3.8, 4) is 6.07 Å². The number of aromatic nitrogens is 1. The van der Waals surface area contributed by atoms with Gasteiger partial charge in [0.2, 0.25) is 0 Å². The molecule has 3 heteroatoms. The highest BCUT2D eigenvalue weighted by Gasteiger charge is 2.20. The van der Waals surface area contributed by atoms with Gasteiger partial charge in [0.25, 0.3) is 5.56 Å². The number of hydrogen-bond donors (Lipinski definition) is 1. The van der Waals surface area contributed by atoms with Crippen LogP contribution in [0.25, 0.3) is 0 Å². The first-order valence-electron chi connectivity index (χ1n) is 7.00. The lowest BCUT2D eigenvalue weighted by atomic mass is 9.87. The second kappa shape index (κ2) is 5.34. The summed E-state index contributed by atoms with van der Waals surface area (Å²) in [5.41, 5.74) is 4.41. The molecule has 1 aliphatic carbocycles. The minimum Gasteiger partial charge on any atom is -0.324 e. The molecule has 1 aromatic heterocycles. The number of fused-ring (bicyclic) bond motifs is 1. The van der Waals surface area contributed by atoms with Gasteiger partial charge in [-0.15, -0.1) is 0 Å². The molecule has 3 nitrogen and oxygen atoms in total. The third kappa shape index (κ3) is 2.25. The second-order valence-corrected chi connectivity index (χ2v) is 5.25. The number of aromatic amines is 1. The maximum atomic E-state index is 12.1. The number of nitrogens with zero attached hydrogens (tertiary/aromatic N) is 1. The minimum atomic E-state index is -0.237. The van der Waals surface area contributed by atoms with Gasteiger partial charge < -0.3 is 4.98 Å². The molecule has 0 aliphatic heterocycles. The molecule has 1 aromatic carbocycles. The maximum Gasteiger partial charge on any atom is 0.266 e. The molecule has 0 fully saturated rings. The minimum absolute atomic E-state index is 0.237. The highest BCUT2D eigenvalue weighted by atomic mass is 16.1. The van der Waals surface area contributed by atoms with Crippen LogP contribution in [-0.2, 0) is 19.3 Å². The molecule has 0 radical (unpaired) electrons. The van der Waals surface area contributed by atoms with E-state index in [2.05, 4.69) is 23.2 Å². The Kier molecular flexibility index (Phi) is 3.39. The number of nitriles is 1. The van der Waals surface area contributed by atoms with E-state index in [-0.39, 0.29) is 5.56 Å². The molecule has 0 saturated heterocycles. The predicted octanol–water partition coefficient (Wildman–Crippen LogP) is 2.72. The van der Waals surface area contributed by atoms with Gasteiger partial charge in [0.05, 0.1) is 0 Å². The zero-order valence-electron chi connectivity index (χ0n) is 11.3. The zero-order valence-corrected chi connectivity index (χ0v) is 11.3. The molecule has 3 rings (SSSR count). The van der Waals surface area contributed by atoms with Crippen LogP contribution >= 0.6 is 0 Å². The normalized spacial score (nSPS) is 13.6. The topological polar surface area (TPSA) is 56.6 Å². The van der Waals surface area contributed by atoms with Gasteiger partial charge in [-0.25, -0.2) is 0 Å². The SMILES string of the molecule is N#Cc1c2c(c(Cc3ccccc3)[nH]c1=O)CCCC2. The zero-order chi connectivity index (χ0) is 13.9. The van der Waals surface area contributed by atoms with Crippen molar-refractivity contribution in [2.24, 2.45) is 0 Å². The first kappa shape index (κ1) is 12.7. The quantitative estimate of drug-likeness (QED) is 0.906. The third-order valence-corrected chi connectivity index (χ3v) is 3.96. The van der Waals surface area contributed by atoms with Crippen molar-refractivity contribution in [2.45, 2.75) is 32.1 Å². The van der Waals surface area contributed by atoms with Crippen molar-refractivity contribution in [2.75, 3.05) is 0 Å². The van der Waals surface area contributed by atoms with Gasteiger partial charge in [0.15, 0.2) is 0 Å². The lowest BCUT2D eigenvalue weighted by Crippen LogP contribution is -2.22. The highest BCUT2D eigenvalue weighted by Crippen LogP contribution is 2.25. The number of H-pyrrole nitrogens is 1. The van der Waals surface area contributed by atoms with Crippen LogP contribution in [0.4, 0.5) is 0 Å². The van der Waals surface area contributed by atoms with E-state index in [9.17, 15) is 10.1 Å². The summed E-state index contributed by atoms with van der Waals surface area (Å²) in [5.74, 6) is 0. The fourth-order valence-corrected chi connectivity index (χ4v) is 3.00. The Hall–Kier alpha value is -2.34. The molecular weight excluding hydrogens is 248 g/mol. The first-order chi connectivity index (χ1) is 9.79. The van der Waals surface area contributed by atoms with Crippen molar-refractivity contribution in [1.82, 2.24) is 4.98 Å². The van der Waals surface area contributed by atoms with E-state index in [1.54, 1.807) is 0 Å². The number of benzene rings is 1. The monoisotopic (exact) mass is 264 g/mol. The van der Waals surface area contributed by atoms with E-state index in [1.807, 2.05) is 18.2 Å². The van der Waals surface area contributed by atoms with Crippen molar-refractivity contribution in [3.63, 3.8) is 0 Å². The third-order valence-electron chi connectivity index (χ3n) is 3.96. The summed E-state index contributed by atoms with van der Waals surface area (Å²) >= 11 is 0. The summed E-state index contributed by atoms with van der Waals surface area (Å²) in [6.07, 6.45) is 4.73. The first-order valence-corrected chi connectivity index (χ1v) is 7.00. The lowest BCUT2D eigenvalue weighted by molar-refractivity contribution is 0.670. The van der Waals surface area contributed by atoms with Gasteiger partial charge in [-0.1, -0.05) is 30.3 Å². The van der Waals surface area contributed by atoms with Crippen molar-refractivity contribution < 1.29 is 0 Å². The van der Waals surface area contributed by atoms with Gasteiger partial charge >= 0.3 is 0 Å². The number of rotatable bonds is 2. The second-order valence-electron chi connectivity index (χ2n) is 5.25. The Bertz CT molecular complexity index is 723. The summed E-state index contributed by atoms with van der Waals surface area (Å²) in [5, 5.41) is 9.19. The van der Waals surface area contributed by atoms with Gasteiger partial charge in [0.1, 0.15) is 11.6 Å². The molecule has 0 bridgehead atoms. The van der Waals surface area contributed by atoms with Crippen LogP contribution in [0.2, 0.25) is 0 Å². The van der Waals surface area contributed by atoms with Crippen molar-refractivity contribution in [3.05, 3.63) is 68.6 Å². The van der Waals surface area contributed by atoms with Crippen LogP contribution in [0.3, 0.4) is 0 Å². The van der Waals surface area contributed by atoms with E-state index < -0.39 is 0 Å². The molecule has 1 N–H and O–H groups in total. The molecule has 20 heavy (non-hydrogen) atoms. The number of hydrogen-bond acceptors (Lipinski definition) is 2. The molecule has 0 saturated carbocycles. The molecule has 1 aliphatic rings. The molecule has 0 spiro atoms. The predicted molar refractivity (Wildman–Crippen MR) is 77.7 cm³/mol. The van der Waals surface area contributed by atoms with Crippen LogP contribution < -0.4 is 5.56 Å². The summed E-state index contributed by atoms with van der Waals surface area (Å²) in [4.78, 5) is 15.0. The highest BCUT2D eigenvalue weighted by molar-refractivity contribution is 5.45. The Morgan fingerprint density at radius 3 is 2.50 bits per heavy atom. The number of nitrogens with one attached hydrogen (secondary N) is 1. The Morgan fingerprint density at radius 1 is 1.10 bits per heavy atom. The molecule has 0 amide bonds. The Balaban J connectivity index is 2.10. The van der Waals surface area contributed by atoms with Crippen molar-refractivity contribution in [1.29, 1.82) is 5.26 Å². The summed E-state index contributed by atoms with van der Waals surface area (Å²) < 4.78 is 0. The number of pyridine rings is 1. The van der Waals surface area contributed by atoms with E-state index in [1.165, 1.54) is 11.1 Å². The molecule has 1 heterocycles. The molecule has 2 aromatic rings. The molecular formula is C17H16N2O. The van der Waals surface area contributed by atoms with Crippen LogP contribution in [0.15, 0.2) is 35.1 Å². The van der Waals surface area contributed by atoms with Crippen LogP contribution in [0.1, 0.15) is 40.8 Å². The van der Waals surface area contributed by atoms with Crippen LogP contribution in [0, 0.1) is 11.3 Å². The summed E-state index contributed by atoms with van der Waals surface area (Å²) in [7, 11) is 0. The van der Waals surface area contributed by atoms with Gasteiger partial charge in [0, 0.05) is 12.1 Å². The average molecular weight is 264 g/mol. The Labute approximate surface area is 117 Å². The van der Waals surface area contributed by atoms with Crippen molar-refractivity contribution >= 4 is 0 Å². The smallest absolute Gasteiger partial charge is 0.266 e. The fraction of sp³-hybridized carbons (Fsp3) is 0.294. The van der Waals surface area contributed by atoms with E-state index in [0.29, 0.717) is 5.56 Å². The largest absolute Gasteiger partial charge is 0.324 e. The standard InChI is InChI=1S/C17H16N2O/c18-11-15-13-8-4-5-9-14(13)16(19-17(15)20)10-12-6-2-1-3-7-12/h1-3,6-7H,4-5,8-10H2,(H,19,20). The average Bonchev–Trinajstić information content (AvgIpc) is 2.49. The molecule has 0 atom stereocenters. The Morgan fingerprint density at radius 2 is 1.80 bits per heavy atom. The summed E-state index contributed by atoms with van der Waals surface area (Å²) in [6.45, 7) is 0. The van der Waals surface area contributed by atoms with E-state index in [4.69, 9.17) is 0 Å². The van der Waals surface area contributed by atoms with Gasteiger partial charge in [-0.2, -0.15) is 5.26 Å². The van der Waals surface area contributed by atoms with E-state index >= 15 is 0 Å². The molecule has 0 unspecified atom stereocenters. The maximum absolute atomic E-state index is 12.1. The lowest BCUT2D eigenvalue weighted by Gasteiger charge is -2.20. The van der Waals surface area contributed by atoms with Crippen LogP contribution in [0.5, 0.6) is 0 Å². The molecule has 100 valence electrons. The van der Waals surface area contributed by atoms with Crippen LogP contribution in [-0.4, -0.2) is 4.98 Å².